The first kappa shape index (κ1) is 26.1. The average molecular weight is 502 g/mol. The first-order valence-corrected chi connectivity index (χ1v) is 14.6. The molecule has 0 aliphatic heterocycles. The van der Waals surface area contributed by atoms with E-state index >= 15 is 0 Å². The van der Waals surface area contributed by atoms with Crippen molar-refractivity contribution >= 4 is 23.5 Å². The minimum absolute atomic E-state index is 0.0495. The molecule has 2 fully saturated rings. The number of ketones is 2. The van der Waals surface area contributed by atoms with Crippen LogP contribution in [0.15, 0.2) is 47.1 Å². The zero-order chi connectivity index (χ0) is 26.2. The number of allylic oxidation sites excluding steroid dienone is 4. The molecule has 0 aromatic heterocycles. The number of nitrogens with zero attached hydrogens (tertiary/aromatic N) is 1. The number of rotatable bonds is 9. The fourth-order valence-electron chi connectivity index (χ4n) is 8.47. The van der Waals surface area contributed by atoms with Crippen molar-refractivity contribution in [3.05, 3.63) is 52.6 Å². The summed E-state index contributed by atoms with van der Waals surface area (Å²) in [5.41, 5.74) is 7.01. The second-order valence-corrected chi connectivity index (χ2v) is 12.4. The number of Topliss-reactive ketones (excluding diaryl/α,β-unsaturated/α-hetero) is 1. The molecule has 0 saturated heterocycles. The fourth-order valence-corrected chi connectivity index (χ4v) is 8.47. The van der Waals surface area contributed by atoms with Crippen LogP contribution < -0.4 is 4.90 Å². The van der Waals surface area contributed by atoms with Gasteiger partial charge in [0.15, 0.2) is 5.78 Å². The lowest BCUT2D eigenvalue weighted by Crippen LogP contribution is -2.44. The third-order valence-electron chi connectivity index (χ3n) is 10.3. The van der Waals surface area contributed by atoms with Crippen molar-refractivity contribution in [1.82, 2.24) is 0 Å². The van der Waals surface area contributed by atoms with Crippen LogP contribution in [0.3, 0.4) is 0 Å². The maximum absolute atomic E-state index is 12.8. The van der Waals surface area contributed by atoms with E-state index in [2.05, 4.69) is 43.1 Å². The highest BCUT2D eigenvalue weighted by atomic mass is 16.1. The third kappa shape index (κ3) is 4.89. The Balaban J connectivity index is 1.45. The molecule has 4 heteroatoms. The summed E-state index contributed by atoms with van der Waals surface area (Å²) in [5.74, 6) is 2.24. The number of hydrogen-bond donors (Lipinski definition) is 0. The molecule has 0 heterocycles. The van der Waals surface area contributed by atoms with Gasteiger partial charge in [-0.1, -0.05) is 31.1 Å². The largest absolute Gasteiger partial charge is 0.375 e. The first-order chi connectivity index (χ1) is 17.8. The van der Waals surface area contributed by atoms with E-state index in [0.717, 1.165) is 70.6 Å². The monoisotopic (exact) mass is 501 g/mol. The number of anilines is 1. The van der Waals surface area contributed by atoms with Gasteiger partial charge in [0.25, 0.3) is 0 Å². The number of benzene rings is 1. The topological polar surface area (TPSA) is 54.5 Å². The van der Waals surface area contributed by atoms with E-state index < -0.39 is 0 Å². The van der Waals surface area contributed by atoms with E-state index in [4.69, 9.17) is 0 Å². The minimum Gasteiger partial charge on any atom is -0.375 e. The smallest absolute Gasteiger partial charge is 0.156 e. The minimum atomic E-state index is 0.0495. The van der Waals surface area contributed by atoms with Gasteiger partial charge in [-0.25, -0.2) is 0 Å². The molecule has 4 aliphatic carbocycles. The predicted molar refractivity (Wildman–Crippen MR) is 149 cm³/mol. The van der Waals surface area contributed by atoms with Gasteiger partial charge in [-0.2, -0.15) is 0 Å². The summed E-state index contributed by atoms with van der Waals surface area (Å²) in [6, 6.07) is 9.16. The Morgan fingerprint density at radius 3 is 2.57 bits per heavy atom. The molecular formula is C33H43NO3. The molecule has 5 rings (SSSR count). The van der Waals surface area contributed by atoms with Crippen molar-refractivity contribution in [1.29, 1.82) is 0 Å². The Kier molecular flexibility index (Phi) is 7.56. The van der Waals surface area contributed by atoms with Crippen molar-refractivity contribution in [3.8, 4) is 0 Å². The van der Waals surface area contributed by atoms with Gasteiger partial charge in [-0.15, -0.1) is 0 Å². The highest BCUT2D eigenvalue weighted by Gasteiger charge is 2.57. The molecule has 4 aliphatic rings. The summed E-state index contributed by atoms with van der Waals surface area (Å²) < 4.78 is 0. The average Bonchev–Trinajstić information content (AvgIpc) is 3.25. The van der Waals surface area contributed by atoms with Crippen LogP contribution in [0.5, 0.6) is 0 Å². The zero-order valence-electron chi connectivity index (χ0n) is 22.9. The van der Waals surface area contributed by atoms with E-state index in [9.17, 15) is 14.4 Å². The molecular weight excluding hydrogens is 458 g/mol. The van der Waals surface area contributed by atoms with Gasteiger partial charge < -0.3 is 9.69 Å². The van der Waals surface area contributed by atoms with Crippen LogP contribution in [0.4, 0.5) is 5.69 Å². The Labute approximate surface area is 222 Å². The van der Waals surface area contributed by atoms with Gasteiger partial charge in [0.05, 0.1) is 0 Å². The van der Waals surface area contributed by atoms with E-state index in [0.29, 0.717) is 36.4 Å². The van der Waals surface area contributed by atoms with E-state index in [-0.39, 0.29) is 17.1 Å². The van der Waals surface area contributed by atoms with Crippen LogP contribution in [0.1, 0.15) is 96.0 Å². The Morgan fingerprint density at radius 2 is 1.84 bits per heavy atom. The van der Waals surface area contributed by atoms with Crippen LogP contribution in [0.2, 0.25) is 0 Å². The molecule has 0 N–H and O–H groups in total. The van der Waals surface area contributed by atoms with Crippen molar-refractivity contribution in [2.24, 2.45) is 23.2 Å². The lowest BCUT2D eigenvalue weighted by molar-refractivity contribution is -0.125. The van der Waals surface area contributed by atoms with Crippen molar-refractivity contribution in [2.75, 3.05) is 18.5 Å². The Bertz CT molecular complexity index is 1110. The SMILES string of the molecule is CC(=O)[C@H]1CCC2C3CCC4=CC(=O)CCC4=C3[C@@H](c3ccc(N(C)CCCCCC=O)cc3)C[C@@]21C. The molecule has 5 atom stereocenters. The lowest BCUT2D eigenvalue weighted by Gasteiger charge is -2.52. The van der Waals surface area contributed by atoms with E-state index in [1.54, 1.807) is 12.5 Å². The molecule has 1 aromatic carbocycles. The number of fused-ring (bicyclic) bond motifs is 4. The number of aldehydes is 1. The van der Waals surface area contributed by atoms with Gasteiger partial charge in [0.2, 0.25) is 0 Å². The Morgan fingerprint density at radius 1 is 1.05 bits per heavy atom. The molecule has 198 valence electrons. The first-order valence-electron chi connectivity index (χ1n) is 14.6. The molecule has 0 amide bonds. The van der Waals surface area contributed by atoms with Crippen LogP contribution in [0.25, 0.3) is 0 Å². The van der Waals surface area contributed by atoms with Crippen LogP contribution in [-0.4, -0.2) is 31.4 Å². The molecule has 2 unspecified atom stereocenters. The number of carbonyl (C=O) groups is 3. The van der Waals surface area contributed by atoms with E-state index in [1.165, 1.54) is 22.4 Å². The molecule has 2 saturated carbocycles. The summed E-state index contributed by atoms with van der Waals surface area (Å²) >= 11 is 0. The predicted octanol–water partition coefficient (Wildman–Crippen LogP) is 6.99. The second kappa shape index (κ2) is 10.7. The zero-order valence-corrected chi connectivity index (χ0v) is 22.9. The molecule has 4 nitrogen and oxygen atoms in total. The molecule has 1 aromatic rings. The highest BCUT2D eigenvalue weighted by Crippen LogP contribution is 2.65. The summed E-state index contributed by atoms with van der Waals surface area (Å²) in [6.07, 6.45) is 13.6. The standard InChI is InChI=1S/C33H43NO3/c1-22(36)30-16-17-31-28-14-10-24-20-26(37)13-15-27(24)32(28)29(21-33(30,31)2)23-8-11-25(12-9-23)34(3)18-6-4-5-7-19-35/h8-9,11-12,19-20,28-31H,4-7,10,13-18,21H2,1-3H3/t28?,29-,30-,31?,33-/m1/s1. The molecule has 0 spiro atoms. The van der Waals surface area contributed by atoms with Gasteiger partial charge >= 0.3 is 0 Å². The quantitative estimate of drug-likeness (QED) is 0.270. The maximum atomic E-state index is 12.8. The van der Waals surface area contributed by atoms with Crippen LogP contribution >= 0.6 is 0 Å². The van der Waals surface area contributed by atoms with Crippen LogP contribution in [-0.2, 0) is 14.4 Å². The number of unbranched alkanes of at least 4 members (excludes halogenated alkanes) is 3. The second-order valence-electron chi connectivity index (χ2n) is 12.4. The molecule has 37 heavy (non-hydrogen) atoms. The third-order valence-corrected chi connectivity index (χ3v) is 10.3. The number of carbonyl (C=O) groups excluding carboxylic acids is 3. The van der Waals surface area contributed by atoms with E-state index in [1.807, 2.05) is 6.08 Å². The van der Waals surface area contributed by atoms with Crippen molar-refractivity contribution < 1.29 is 14.4 Å². The van der Waals surface area contributed by atoms with Gasteiger partial charge in [-0.3, -0.25) is 9.59 Å². The highest BCUT2D eigenvalue weighted by molar-refractivity contribution is 5.93. The summed E-state index contributed by atoms with van der Waals surface area (Å²) in [4.78, 5) is 37.9. The Hall–Kier alpha value is -2.49. The summed E-state index contributed by atoms with van der Waals surface area (Å²) in [6.45, 7) is 5.20. The molecule has 0 bridgehead atoms. The normalized spacial score (nSPS) is 30.8. The molecule has 0 radical (unpaired) electrons. The van der Waals surface area contributed by atoms with Gasteiger partial charge in [-0.05, 0) is 110 Å². The van der Waals surface area contributed by atoms with Crippen molar-refractivity contribution in [2.45, 2.75) is 90.4 Å². The summed E-state index contributed by atoms with van der Waals surface area (Å²) in [5, 5.41) is 0. The number of hydrogen-bond acceptors (Lipinski definition) is 4. The summed E-state index contributed by atoms with van der Waals surface area (Å²) in [7, 11) is 2.15. The van der Waals surface area contributed by atoms with Gasteiger partial charge in [0, 0.05) is 44.0 Å². The fraction of sp³-hybridized carbons (Fsp3) is 0.606. The van der Waals surface area contributed by atoms with Crippen molar-refractivity contribution in [3.63, 3.8) is 0 Å². The maximum Gasteiger partial charge on any atom is 0.156 e. The van der Waals surface area contributed by atoms with Crippen LogP contribution in [0, 0.1) is 23.2 Å². The van der Waals surface area contributed by atoms with Gasteiger partial charge in [0.1, 0.15) is 12.1 Å². The lowest BCUT2D eigenvalue weighted by atomic mass is 9.51.